The predicted octanol–water partition coefficient (Wildman–Crippen LogP) is 1.47. The largest absolute Gasteiger partial charge is 0.380 e. The molecule has 0 aromatic carbocycles. The van der Waals surface area contributed by atoms with Gasteiger partial charge in [0, 0.05) is 39.4 Å². The van der Waals surface area contributed by atoms with Crippen molar-refractivity contribution >= 4 is 0 Å². The van der Waals surface area contributed by atoms with E-state index in [0.717, 1.165) is 91.8 Å². The van der Waals surface area contributed by atoms with Crippen LogP contribution in [0.3, 0.4) is 0 Å². The fraction of sp³-hybridized carbons (Fsp3) is 1.00. The average molecular weight is 302 g/mol. The van der Waals surface area contributed by atoms with E-state index in [1.807, 2.05) is 0 Å². The van der Waals surface area contributed by atoms with Crippen LogP contribution in [-0.4, -0.2) is 88.7 Å². The van der Waals surface area contributed by atoms with Gasteiger partial charge in [-0.3, -0.25) is 4.90 Å². The van der Waals surface area contributed by atoms with Crippen LogP contribution in [0.4, 0.5) is 0 Å². The first-order chi connectivity index (χ1) is 10.4. The summed E-state index contributed by atoms with van der Waals surface area (Å²) in [4.78, 5) is 4.79. The maximum Gasteiger partial charge on any atom is 0.0594 e. The van der Waals surface area contributed by atoms with Gasteiger partial charge < -0.3 is 19.1 Å². The maximum atomic E-state index is 5.67. The molecule has 5 nitrogen and oxygen atoms in total. The second-order valence-corrected chi connectivity index (χ2v) is 5.41. The highest BCUT2D eigenvalue weighted by atomic mass is 16.5. The fourth-order valence-corrected chi connectivity index (χ4v) is 2.36. The number of rotatable bonds is 13. The molecule has 0 unspecified atom stereocenters. The zero-order valence-corrected chi connectivity index (χ0v) is 14.0. The van der Waals surface area contributed by atoms with Gasteiger partial charge in [0.2, 0.25) is 0 Å². The van der Waals surface area contributed by atoms with Gasteiger partial charge in [-0.15, -0.1) is 0 Å². The van der Waals surface area contributed by atoms with Crippen molar-refractivity contribution in [2.75, 3.05) is 78.9 Å². The highest BCUT2D eigenvalue weighted by Crippen LogP contribution is 1.97. The standard InChI is InChI=1S/C16H34N2O3/c1-3-17(4-2)7-13-19-11-5-6-12-20-14-8-18-9-15-21-16-10-18/h3-16H2,1-2H3. The normalized spacial score (nSPS) is 16.7. The molecule has 1 rings (SSSR count). The SMILES string of the molecule is CCN(CC)CCOCCCCOCCN1CCOCC1. The lowest BCUT2D eigenvalue weighted by molar-refractivity contribution is 0.0192. The summed E-state index contributed by atoms with van der Waals surface area (Å²) >= 11 is 0. The van der Waals surface area contributed by atoms with Crippen LogP contribution in [0.15, 0.2) is 0 Å². The first-order valence-electron chi connectivity index (χ1n) is 8.54. The van der Waals surface area contributed by atoms with E-state index in [1.54, 1.807) is 0 Å². The average Bonchev–Trinajstić information content (AvgIpc) is 2.54. The van der Waals surface area contributed by atoms with E-state index in [9.17, 15) is 0 Å². The molecule has 0 bridgehead atoms. The summed E-state index contributed by atoms with van der Waals surface area (Å²) in [7, 11) is 0. The van der Waals surface area contributed by atoms with Crippen molar-refractivity contribution in [3.63, 3.8) is 0 Å². The van der Waals surface area contributed by atoms with E-state index in [0.29, 0.717) is 0 Å². The van der Waals surface area contributed by atoms with E-state index in [1.165, 1.54) is 0 Å². The number of nitrogens with zero attached hydrogens (tertiary/aromatic N) is 2. The lowest BCUT2D eigenvalue weighted by Gasteiger charge is -2.26. The molecule has 0 amide bonds. The Bertz CT molecular complexity index is 220. The van der Waals surface area contributed by atoms with E-state index in [2.05, 4.69) is 23.6 Å². The maximum absolute atomic E-state index is 5.67. The van der Waals surface area contributed by atoms with E-state index >= 15 is 0 Å². The van der Waals surface area contributed by atoms with Gasteiger partial charge in [-0.2, -0.15) is 0 Å². The van der Waals surface area contributed by atoms with Crippen LogP contribution < -0.4 is 0 Å². The number of likely N-dealkylation sites (N-methyl/N-ethyl adjacent to an activating group) is 1. The Morgan fingerprint density at radius 3 is 2.14 bits per heavy atom. The van der Waals surface area contributed by atoms with Gasteiger partial charge in [-0.25, -0.2) is 0 Å². The molecule has 1 saturated heterocycles. The molecule has 1 aliphatic rings. The van der Waals surface area contributed by atoms with Gasteiger partial charge in [0.15, 0.2) is 0 Å². The highest BCUT2D eigenvalue weighted by Gasteiger charge is 2.08. The molecule has 0 aromatic rings. The number of hydrogen-bond acceptors (Lipinski definition) is 5. The lowest BCUT2D eigenvalue weighted by Crippen LogP contribution is -2.38. The molecular formula is C16H34N2O3. The molecule has 0 spiro atoms. The third-order valence-corrected chi connectivity index (χ3v) is 3.93. The Hall–Kier alpha value is -0.200. The van der Waals surface area contributed by atoms with Crippen molar-refractivity contribution in [2.24, 2.45) is 0 Å². The lowest BCUT2D eigenvalue weighted by atomic mass is 10.3. The third kappa shape index (κ3) is 10.2. The number of ether oxygens (including phenoxy) is 3. The zero-order chi connectivity index (χ0) is 15.2. The second-order valence-electron chi connectivity index (χ2n) is 5.41. The minimum absolute atomic E-state index is 0.836. The summed E-state index contributed by atoms with van der Waals surface area (Å²) in [5, 5.41) is 0. The predicted molar refractivity (Wildman–Crippen MR) is 85.9 cm³/mol. The number of hydrogen-bond donors (Lipinski definition) is 0. The van der Waals surface area contributed by atoms with Gasteiger partial charge >= 0.3 is 0 Å². The van der Waals surface area contributed by atoms with Crippen LogP contribution in [-0.2, 0) is 14.2 Å². The second kappa shape index (κ2) is 13.5. The molecular weight excluding hydrogens is 268 g/mol. The topological polar surface area (TPSA) is 34.2 Å². The van der Waals surface area contributed by atoms with Crippen LogP contribution >= 0.6 is 0 Å². The summed E-state index contributed by atoms with van der Waals surface area (Å²) in [5.41, 5.74) is 0. The molecule has 0 saturated carbocycles. The molecule has 1 aliphatic heterocycles. The molecule has 5 heteroatoms. The van der Waals surface area contributed by atoms with Crippen molar-refractivity contribution in [3.05, 3.63) is 0 Å². The van der Waals surface area contributed by atoms with Gasteiger partial charge in [-0.05, 0) is 25.9 Å². The van der Waals surface area contributed by atoms with Gasteiger partial charge in [0.05, 0.1) is 26.4 Å². The van der Waals surface area contributed by atoms with Crippen LogP contribution in [0, 0.1) is 0 Å². The summed E-state index contributed by atoms with van der Waals surface area (Å²) < 4.78 is 16.6. The Balaban J connectivity index is 1.76. The minimum Gasteiger partial charge on any atom is -0.380 e. The summed E-state index contributed by atoms with van der Waals surface area (Å²) in [6, 6.07) is 0. The van der Waals surface area contributed by atoms with Crippen LogP contribution in [0.1, 0.15) is 26.7 Å². The Morgan fingerprint density at radius 2 is 1.52 bits per heavy atom. The van der Waals surface area contributed by atoms with Crippen molar-refractivity contribution in [1.29, 1.82) is 0 Å². The third-order valence-electron chi connectivity index (χ3n) is 3.93. The van der Waals surface area contributed by atoms with Crippen molar-refractivity contribution in [3.8, 4) is 0 Å². The first kappa shape index (κ1) is 18.8. The van der Waals surface area contributed by atoms with Gasteiger partial charge in [0.1, 0.15) is 0 Å². The molecule has 1 heterocycles. The van der Waals surface area contributed by atoms with Crippen LogP contribution in [0.5, 0.6) is 0 Å². The summed E-state index contributed by atoms with van der Waals surface area (Å²) in [5.74, 6) is 0. The van der Waals surface area contributed by atoms with Crippen LogP contribution in [0.25, 0.3) is 0 Å². The van der Waals surface area contributed by atoms with Gasteiger partial charge in [-0.1, -0.05) is 13.8 Å². The van der Waals surface area contributed by atoms with Crippen molar-refractivity contribution in [2.45, 2.75) is 26.7 Å². The highest BCUT2D eigenvalue weighted by molar-refractivity contribution is 4.60. The molecule has 21 heavy (non-hydrogen) atoms. The molecule has 0 aliphatic carbocycles. The minimum atomic E-state index is 0.836. The molecule has 0 N–H and O–H groups in total. The summed E-state index contributed by atoms with van der Waals surface area (Å²) in [6.45, 7) is 15.9. The first-order valence-corrected chi connectivity index (χ1v) is 8.54. The monoisotopic (exact) mass is 302 g/mol. The summed E-state index contributed by atoms with van der Waals surface area (Å²) in [6.07, 6.45) is 2.18. The number of unbranched alkanes of at least 4 members (excludes halogenated alkanes) is 1. The van der Waals surface area contributed by atoms with Crippen molar-refractivity contribution < 1.29 is 14.2 Å². The van der Waals surface area contributed by atoms with E-state index in [4.69, 9.17) is 14.2 Å². The molecule has 0 aromatic heterocycles. The van der Waals surface area contributed by atoms with E-state index in [-0.39, 0.29) is 0 Å². The molecule has 1 fully saturated rings. The fourth-order valence-electron chi connectivity index (χ4n) is 2.36. The molecule has 126 valence electrons. The van der Waals surface area contributed by atoms with Crippen LogP contribution in [0.2, 0.25) is 0 Å². The smallest absolute Gasteiger partial charge is 0.0594 e. The van der Waals surface area contributed by atoms with E-state index < -0.39 is 0 Å². The quantitative estimate of drug-likeness (QED) is 0.481. The Kier molecular flexibility index (Phi) is 12.1. The van der Waals surface area contributed by atoms with Crippen molar-refractivity contribution in [1.82, 2.24) is 9.80 Å². The van der Waals surface area contributed by atoms with Gasteiger partial charge in [0.25, 0.3) is 0 Å². The number of morpholine rings is 1. The molecule has 0 atom stereocenters. The Morgan fingerprint density at radius 1 is 0.905 bits per heavy atom. The molecule has 0 radical (unpaired) electrons. The zero-order valence-electron chi connectivity index (χ0n) is 14.0. The Labute approximate surface area is 130 Å².